The molecule has 0 spiro atoms. The Hall–Kier alpha value is -1.74. The Morgan fingerprint density at radius 3 is 2.16 bits per heavy atom. The van der Waals surface area contributed by atoms with E-state index in [-0.39, 0.29) is 0 Å². The third-order valence-corrected chi connectivity index (χ3v) is 3.33. The molecule has 0 bridgehead atoms. The molecule has 0 aliphatic carbocycles. The fraction of sp³-hybridized carbons (Fsp3) is 0.250. The van der Waals surface area contributed by atoms with Crippen molar-refractivity contribution in [3.63, 3.8) is 0 Å². The lowest BCUT2D eigenvalue weighted by molar-refractivity contribution is 0.509. The van der Waals surface area contributed by atoms with Crippen LogP contribution in [0.3, 0.4) is 0 Å². The van der Waals surface area contributed by atoms with Crippen LogP contribution in [0.1, 0.15) is 24.8 Å². The quantitative estimate of drug-likeness (QED) is 0.881. The molecule has 1 nitrogen and oxygen atoms in total. The average molecular weight is 261 g/mol. The molecular formula is C16H17F2N. The summed E-state index contributed by atoms with van der Waals surface area (Å²) in [5.41, 5.74) is 8.30. The smallest absolute Gasteiger partial charge is 0.159 e. The molecule has 0 aliphatic rings. The van der Waals surface area contributed by atoms with Crippen molar-refractivity contribution in [1.82, 2.24) is 0 Å². The lowest BCUT2D eigenvalue weighted by Gasteiger charge is -2.11. The number of hydrogen-bond acceptors (Lipinski definition) is 1. The molecule has 2 N–H and O–H groups in total. The van der Waals surface area contributed by atoms with Crippen molar-refractivity contribution < 1.29 is 8.78 Å². The highest BCUT2D eigenvalue weighted by molar-refractivity contribution is 5.63. The van der Waals surface area contributed by atoms with E-state index in [2.05, 4.69) is 6.92 Å². The summed E-state index contributed by atoms with van der Waals surface area (Å²) in [4.78, 5) is 0. The summed E-state index contributed by atoms with van der Waals surface area (Å²) in [6.07, 6.45) is 0.935. The monoisotopic (exact) mass is 261 g/mol. The van der Waals surface area contributed by atoms with Gasteiger partial charge in [0, 0.05) is 0 Å². The second-order valence-corrected chi connectivity index (χ2v) is 4.73. The van der Waals surface area contributed by atoms with Crippen molar-refractivity contribution in [2.24, 2.45) is 5.73 Å². The van der Waals surface area contributed by atoms with E-state index in [4.69, 9.17) is 5.73 Å². The first-order chi connectivity index (χ1) is 9.11. The van der Waals surface area contributed by atoms with Crippen molar-refractivity contribution in [2.45, 2.75) is 19.3 Å². The molecule has 100 valence electrons. The lowest BCUT2D eigenvalue weighted by atomic mass is 9.95. The minimum atomic E-state index is -0.822. The van der Waals surface area contributed by atoms with Crippen molar-refractivity contribution in [2.75, 3.05) is 6.54 Å². The van der Waals surface area contributed by atoms with Crippen LogP contribution < -0.4 is 5.73 Å². The standard InChI is InChI=1S/C16H17F2N/c1-11(8-9-19)12-2-4-13(5-3-12)14-6-7-15(17)16(18)10-14/h2-7,10-11H,8-9,19H2,1H3. The van der Waals surface area contributed by atoms with Crippen molar-refractivity contribution in [3.05, 3.63) is 59.7 Å². The van der Waals surface area contributed by atoms with Gasteiger partial charge in [0.25, 0.3) is 0 Å². The van der Waals surface area contributed by atoms with Gasteiger partial charge in [-0.3, -0.25) is 0 Å². The molecule has 1 unspecified atom stereocenters. The van der Waals surface area contributed by atoms with E-state index in [1.54, 1.807) is 6.07 Å². The molecule has 0 heterocycles. The molecule has 0 aromatic heterocycles. The average Bonchev–Trinajstić information content (AvgIpc) is 2.42. The molecule has 19 heavy (non-hydrogen) atoms. The number of hydrogen-bond donors (Lipinski definition) is 1. The zero-order chi connectivity index (χ0) is 13.8. The Labute approximate surface area is 112 Å². The highest BCUT2D eigenvalue weighted by Crippen LogP contribution is 2.25. The first kappa shape index (κ1) is 13.7. The fourth-order valence-corrected chi connectivity index (χ4v) is 2.10. The van der Waals surface area contributed by atoms with Crippen LogP contribution in [0.25, 0.3) is 11.1 Å². The van der Waals surface area contributed by atoms with Crippen molar-refractivity contribution in [1.29, 1.82) is 0 Å². The van der Waals surface area contributed by atoms with Crippen LogP contribution in [0.15, 0.2) is 42.5 Å². The van der Waals surface area contributed by atoms with Crippen molar-refractivity contribution in [3.8, 4) is 11.1 Å². The molecule has 0 fully saturated rings. The van der Waals surface area contributed by atoms with Gasteiger partial charge in [0.05, 0.1) is 0 Å². The van der Waals surface area contributed by atoms with Gasteiger partial charge in [0.1, 0.15) is 0 Å². The Morgan fingerprint density at radius 1 is 0.947 bits per heavy atom. The van der Waals surface area contributed by atoms with E-state index in [1.165, 1.54) is 11.6 Å². The second-order valence-electron chi connectivity index (χ2n) is 4.73. The maximum atomic E-state index is 13.2. The molecule has 0 aliphatic heterocycles. The van der Waals surface area contributed by atoms with Gasteiger partial charge in [-0.2, -0.15) is 0 Å². The fourth-order valence-electron chi connectivity index (χ4n) is 2.10. The predicted octanol–water partition coefficient (Wildman–Crippen LogP) is 4.08. The third-order valence-electron chi connectivity index (χ3n) is 3.33. The highest BCUT2D eigenvalue weighted by atomic mass is 19.2. The Bertz CT molecular complexity index is 549. The molecule has 1 atom stereocenters. The lowest BCUT2D eigenvalue weighted by Crippen LogP contribution is -2.04. The first-order valence-electron chi connectivity index (χ1n) is 6.37. The van der Waals surface area contributed by atoms with E-state index >= 15 is 0 Å². The summed E-state index contributed by atoms with van der Waals surface area (Å²) < 4.78 is 26.1. The van der Waals surface area contributed by atoms with Crippen molar-refractivity contribution >= 4 is 0 Å². The van der Waals surface area contributed by atoms with Crippen LogP contribution in [0.5, 0.6) is 0 Å². The Balaban J connectivity index is 2.24. The van der Waals surface area contributed by atoms with Crippen LogP contribution in [-0.2, 0) is 0 Å². The summed E-state index contributed by atoms with van der Waals surface area (Å²) >= 11 is 0. The van der Waals surface area contributed by atoms with Gasteiger partial charge in [-0.25, -0.2) is 8.78 Å². The zero-order valence-corrected chi connectivity index (χ0v) is 10.9. The van der Waals surface area contributed by atoms with Crippen LogP contribution in [0.4, 0.5) is 8.78 Å². The molecule has 3 heteroatoms. The van der Waals surface area contributed by atoms with Crippen LogP contribution in [-0.4, -0.2) is 6.54 Å². The molecule has 2 aromatic carbocycles. The summed E-state index contributed by atoms with van der Waals surface area (Å²) in [6.45, 7) is 2.78. The van der Waals surface area contributed by atoms with Gasteiger partial charge >= 0.3 is 0 Å². The number of benzene rings is 2. The number of rotatable bonds is 4. The summed E-state index contributed by atoms with van der Waals surface area (Å²) in [7, 11) is 0. The third kappa shape index (κ3) is 3.18. The van der Waals surface area contributed by atoms with Gasteiger partial charge < -0.3 is 5.73 Å². The maximum Gasteiger partial charge on any atom is 0.159 e. The molecule has 0 saturated carbocycles. The second kappa shape index (κ2) is 5.93. The minimum Gasteiger partial charge on any atom is -0.330 e. The topological polar surface area (TPSA) is 26.0 Å². The summed E-state index contributed by atoms with van der Waals surface area (Å²) in [5.74, 6) is -1.24. The van der Waals surface area contributed by atoms with Gasteiger partial charge in [0.15, 0.2) is 11.6 Å². The van der Waals surface area contributed by atoms with Crippen LogP contribution >= 0.6 is 0 Å². The van der Waals surface area contributed by atoms with Gasteiger partial charge in [0.2, 0.25) is 0 Å². The molecule has 0 radical (unpaired) electrons. The number of halogens is 2. The zero-order valence-electron chi connectivity index (χ0n) is 10.9. The van der Waals surface area contributed by atoms with E-state index in [9.17, 15) is 8.78 Å². The number of nitrogens with two attached hydrogens (primary N) is 1. The molecule has 0 saturated heterocycles. The summed E-state index contributed by atoms with van der Waals surface area (Å²) in [6, 6.07) is 11.8. The van der Waals surface area contributed by atoms with Crippen LogP contribution in [0, 0.1) is 11.6 Å². The van der Waals surface area contributed by atoms with Crippen LogP contribution in [0.2, 0.25) is 0 Å². The predicted molar refractivity (Wildman–Crippen MR) is 73.9 cm³/mol. The largest absolute Gasteiger partial charge is 0.330 e. The normalized spacial score (nSPS) is 12.4. The molecule has 2 rings (SSSR count). The van der Waals surface area contributed by atoms with E-state index in [0.29, 0.717) is 18.0 Å². The minimum absolute atomic E-state index is 0.406. The Morgan fingerprint density at radius 2 is 1.58 bits per heavy atom. The van der Waals surface area contributed by atoms with Gasteiger partial charge in [-0.05, 0) is 47.7 Å². The Kier molecular flexibility index (Phi) is 4.27. The van der Waals surface area contributed by atoms with Gasteiger partial charge in [-0.15, -0.1) is 0 Å². The SMILES string of the molecule is CC(CCN)c1ccc(-c2ccc(F)c(F)c2)cc1. The first-order valence-corrected chi connectivity index (χ1v) is 6.37. The van der Waals surface area contributed by atoms with E-state index < -0.39 is 11.6 Å². The molecule has 0 amide bonds. The highest BCUT2D eigenvalue weighted by Gasteiger charge is 2.07. The molecular weight excluding hydrogens is 244 g/mol. The molecule has 2 aromatic rings. The van der Waals surface area contributed by atoms with Gasteiger partial charge in [-0.1, -0.05) is 37.3 Å². The summed E-state index contributed by atoms with van der Waals surface area (Å²) in [5, 5.41) is 0. The van der Waals surface area contributed by atoms with E-state index in [1.807, 2.05) is 24.3 Å². The van der Waals surface area contributed by atoms with E-state index in [0.717, 1.165) is 18.1 Å². The maximum absolute atomic E-state index is 13.2.